The third-order valence-corrected chi connectivity index (χ3v) is 6.31. The molecule has 0 aliphatic heterocycles. The van der Waals surface area contributed by atoms with Crippen LogP contribution in [0, 0.1) is 0 Å². The van der Waals surface area contributed by atoms with Crippen LogP contribution >= 0.6 is 0 Å². The quantitative estimate of drug-likeness (QED) is 0.439. The first kappa shape index (κ1) is 15.1. The van der Waals surface area contributed by atoms with Crippen molar-refractivity contribution < 1.29 is 39.6 Å². The Labute approximate surface area is 96.5 Å². The Morgan fingerprint density at radius 2 is 0.765 bits per heavy atom. The minimum Gasteiger partial charge on any atom is -0.481 e. The molecule has 0 unspecified atom stereocenters. The van der Waals surface area contributed by atoms with Gasteiger partial charge in [-0.15, -0.1) is 0 Å². The molecule has 0 spiro atoms. The van der Waals surface area contributed by atoms with Crippen LogP contribution < -0.4 is 0 Å². The van der Waals surface area contributed by atoms with E-state index in [9.17, 15) is 19.2 Å². The van der Waals surface area contributed by atoms with E-state index in [1.54, 1.807) is 0 Å². The summed E-state index contributed by atoms with van der Waals surface area (Å²) in [6.45, 7) is 0. The van der Waals surface area contributed by atoms with E-state index in [0.29, 0.717) is 0 Å². The number of hydrogen-bond donors (Lipinski definition) is 4. The summed E-state index contributed by atoms with van der Waals surface area (Å²) in [5, 5.41) is 34.6. The molecule has 8 nitrogen and oxygen atoms in total. The molecular formula is C8H12O8Si. The Hall–Kier alpha value is -1.90. The average Bonchev–Trinajstić information content (AvgIpc) is 1.95. The van der Waals surface area contributed by atoms with E-state index < -0.39 is 56.1 Å². The second-order valence-electron chi connectivity index (χ2n) is 3.78. The largest absolute Gasteiger partial charge is 0.481 e. The number of carboxylic acids is 4. The lowest BCUT2D eigenvalue weighted by Gasteiger charge is -2.24. The standard InChI is InChI=1S/C8H12O8Si/c9-5(10)1-17(2-6(11)12,3-7(13)14)4-8(15)16/h1-4H2,(H,9,10)(H,11,12)(H,13,14)(H,15,16). The third-order valence-electron chi connectivity index (χ3n) is 2.10. The molecule has 96 valence electrons. The SMILES string of the molecule is O=C(O)C[Si](CC(=O)O)(CC(=O)O)CC(=O)O. The Morgan fingerprint density at radius 3 is 0.882 bits per heavy atom. The van der Waals surface area contributed by atoms with Crippen LogP contribution in [0.1, 0.15) is 0 Å². The zero-order valence-electron chi connectivity index (χ0n) is 8.75. The summed E-state index contributed by atoms with van der Waals surface area (Å²) in [6.07, 6.45) is 0. The summed E-state index contributed by atoms with van der Waals surface area (Å²) in [5.74, 6) is -5.50. The summed E-state index contributed by atoms with van der Waals surface area (Å²) >= 11 is 0. The van der Waals surface area contributed by atoms with Gasteiger partial charge in [0.05, 0.1) is 0 Å². The van der Waals surface area contributed by atoms with Gasteiger partial charge in [0, 0.05) is 24.2 Å². The monoisotopic (exact) mass is 264 g/mol. The Kier molecular flexibility index (Phi) is 5.32. The predicted octanol–water partition coefficient (Wildman–Crippen LogP) is -0.226. The zero-order valence-corrected chi connectivity index (χ0v) is 9.75. The Morgan fingerprint density at radius 1 is 0.588 bits per heavy atom. The molecule has 0 saturated carbocycles. The van der Waals surface area contributed by atoms with Crippen molar-refractivity contribution in [3.63, 3.8) is 0 Å². The van der Waals surface area contributed by atoms with Crippen molar-refractivity contribution in [1.29, 1.82) is 0 Å². The van der Waals surface area contributed by atoms with Gasteiger partial charge < -0.3 is 20.4 Å². The van der Waals surface area contributed by atoms with E-state index in [1.807, 2.05) is 0 Å². The molecule has 0 aromatic rings. The third kappa shape index (κ3) is 6.30. The van der Waals surface area contributed by atoms with Gasteiger partial charge in [-0.3, -0.25) is 19.2 Å². The lowest BCUT2D eigenvalue weighted by atomic mass is 10.8. The van der Waals surface area contributed by atoms with Crippen molar-refractivity contribution in [2.75, 3.05) is 0 Å². The molecule has 9 heteroatoms. The molecule has 0 fully saturated rings. The summed E-state index contributed by atoms with van der Waals surface area (Å²) in [7, 11) is -3.45. The molecular weight excluding hydrogens is 252 g/mol. The van der Waals surface area contributed by atoms with Gasteiger partial charge in [-0.1, -0.05) is 0 Å². The molecule has 0 rings (SSSR count). The van der Waals surface area contributed by atoms with Gasteiger partial charge in [-0.05, 0) is 0 Å². The highest BCUT2D eigenvalue weighted by Gasteiger charge is 2.42. The first-order valence-electron chi connectivity index (χ1n) is 4.54. The molecule has 0 bridgehead atoms. The van der Waals surface area contributed by atoms with Gasteiger partial charge in [0.25, 0.3) is 0 Å². The lowest BCUT2D eigenvalue weighted by molar-refractivity contribution is -0.134. The van der Waals surface area contributed by atoms with Gasteiger partial charge in [-0.2, -0.15) is 0 Å². The summed E-state index contributed by atoms with van der Waals surface area (Å²) in [6, 6.07) is -2.73. The van der Waals surface area contributed by atoms with Crippen molar-refractivity contribution >= 4 is 32.0 Å². The van der Waals surface area contributed by atoms with Crippen LogP contribution in [0.25, 0.3) is 0 Å². The molecule has 0 atom stereocenters. The lowest BCUT2D eigenvalue weighted by Crippen LogP contribution is -2.42. The number of hydrogen-bond acceptors (Lipinski definition) is 4. The second kappa shape index (κ2) is 5.99. The van der Waals surface area contributed by atoms with Crippen LogP contribution in [0.5, 0.6) is 0 Å². The fraction of sp³-hybridized carbons (Fsp3) is 0.500. The number of carboxylic acid groups (broad SMARTS) is 4. The van der Waals surface area contributed by atoms with Crippen molar-refractivity contribution in [3.05, 3.63) is 0 Å². The van der Waals surface area contributed by atoms with Crippen molar-refractivity contribution in [2.45, 2.75) is 24.2 Å². The summed E-state index contributed by atoms with van der Waals surface area (Å²) < 4.78 is 0. The van der Waals surface area contributed by atoms with Gasteiger partial charge in [0.15, 0.2) is 0 Å². The minimum atomic E-state index is -3.45. The first-order chi connectivity index (χ1) is 7.67. The normalized spacial score (nSPS) is 10.8. The van der Waals surface area contributed by atoms with Gasteiger partial charge >= 0.3 is 23.9 Å². The fourth-order valence-corrected chi connectivity index (χ4v) is 4.97. The van der Waals surface area contributed by atoms with Crippen LogP contribution in [0.15, 0.2) is 0 Å². The molecule has 0 heterocycles. The number of rotatable bonds is 8. The van der Waals surface area contributed by atoms with Crippen molar-refractivity contribution in [3.8, 4) is 0 Å². The summed E-state index contributed by atoms with van der Waals surface area (Å²) in [5.41, 5.74) is 0. The second-order valence-corrected chi connectivity index (χ2v) is 8.20. The first-order valence-corrected chi connectivity index (χ1v) is 7.37. The van der Waals surface area contributed by atoms with Crippen molar-refractivity contribution in [1.82, 2.24) is 0 Å². The molecule has 0 amide bonds. The maximum absolute atomic E-state index is 10.6. The van der Waals surface area contributed by atoms with Gasteiger partial charge in [0.1, 0.15) is 8.07 Å². The zero-order chi connectivity index (χ0) is 13.6. The van der Waals surface area contributed by atoms with Gasteiger partial charge in [0.2, 0.25) is 0 Å². The molecule has 0 radical (unpaired) electrons. The van der Waals surface area contributed by atoms with Crippen LogP contribution in [0.2, 0.25) is 24.2 Å². The van der Waals surface area contributed by atoms with E-state index in [2.05, 4.69) is 0 Å². The highest BCUT2D eigenvalue weighted by molar-refractivity contribution is 6.88. The van der Waals surface area contributed by atoms with E-state index in [-0.39, 0.29) is 0 Å². The highest BCUT2D eigenvalue weighted by Crippen LogP contribution is 2.26. The van der Waals surface area contributed by atoms with Crippen LogP contribution in [0.4, 0.5) is 0 Å². The number of carbonyl (C=O) groups is 4. The fourth-order valence-electron chi connectivity index (χ4n) is 1.66. The van der Waals surface area contributed by atoms with Crippen LogP contribution in [0.3, 0.4) is 0 Å². The number of aliphatic carboxylic acids is 4. The van der Waals surface area contributed by atoms with Crippen LogP contribution in [-0.4, -0.2) is 52.4 Å². The van der Waals surface area contributed by atoms with E-state index in [4.69, 9.17) is 20.4 Å². The van der Waals surface area contributed by atoms with E-state index in [0.717, 1.165) is 0 Å². The molecule has 0 saturated heterocycles. The van der Waals surface area contributed by atoms with E-state index >= 15 is 0 Å². The van der Waals surface area contributed by atoms with Crippen LogP contribution in [-0.2, 0) is 19.2 Å². The summed E-state index contributed by atoms with van der Waals surface area (Å²) in [4.78, 5) is 42.5. The molecule has 0 aliphatic rings. The van der Waals surface area contributed by atoms with Crippen molar-refractivity contribution in [2.24, 2.45) is 0 Å². The molecule has 4 N–H and O–H groups in total. The molecule has 0 aromatic heterocycles. The molecule has 0 aromatic carbocycles. The molecule has 0 aliphatic carbocycles. The van der Waals surface area contributed by atoms with E-state index in [1.165, 1.54) is 0 Å². The Balaban J connectivity index is 5.16. The maximum atomic E-state index is 10.6. The van der Waals surface area contributed by atoms with Gasteiger partial charge in [-0.25, -0.2) is 0 Å². The maximum Gasteiger partial charge on any atom is 0.300 e. The predicted molar refractivity (Wildman–Crippen MR) is 55.5 cm³/mol. The minimum absolute atomic E-state index is 0.683. The molecule has 17 heavy (non-hydrogen) atoms. The Bertz CT molecular complexity index is 280. The average molecular weight is 264 g/mol. The topological polar surface area (TPSA) is 149 Å². The highest BCUT2D eigenvalue weighted by atomic mass is 28.3. The smallest absolute Gasteiger partial charge is 0.300 e.